The Morgan fingerprint density at radius 1 is 1.00 bits per heavy atom. The molecule has 1 saturated heterocycles. The molecule has 6 rings (SSSR count). The van der Waals surface area contributed by atoms with Crippen molar-refractivity contribution in [3.05, 3.63) is 64.6 Å². The molecule has 12 nitrogen and oxygen atoms in total. The van der Waals surface area contributed by atoms with Crippen molar-refractivity contribution in [3.8, 4) is 22.8 Å². The van der Waals surface area contributed by atoms with Crippen molar-refractivity contribution in [1.29, 1.82) is 0 Å². The first-order chi connectivity index (χ1) is 20.7. The van der Waals surface area contributed by atoms with Crippen molar-refractivity contribution in [3.63, 3.8) is 0 Å². The second kappa shape index (κ2) is 12.9. The minimum Gasteiger partial charge on any atom is -0.495 e. The van der Waals surface area contributed by atoms with Gasteiger partial charge in [-0.3, -0.25) is 9.67 Å². The molecule has 44 heavy (non-hydrogen) atoms. The van der Waals surface area contributed by atoms with Crippen LogP contribution >= 0.6 is 35.6 Å². The molecule has 0 saturated carbocycles. The van der Waals surface area contributed by atoms with E-state index >= 15 is 0 Å². The Morgan fingerprint density at radius 3 is 2.34 bits per heavy atom. The molecule has 0 amide bonds. The molecule has 5 heterocycles. The number of ether oxygens (including phenoxy) is 2. The van der Waals surface area contributed by atoms with Gasteiger partial charge < -0.3 is 19.4 Å². The maximum absolute atomic E-state index is 14.1. The number of aromatic nitrogens is 7. The molecule has 1 aromatic carbocycles. The summed E-state index contributed by atoms with van der Waals surface area (Å²) in [4.78, 5) is 13.5. The predicted octanol–water partition coefficient (Wildman–Crippen LogP) is 4.72. The van der Waals surface area contributed by atoms with Gasteiger partial charge in [-0.2, -0.15) is 13.5 Å². The summed E-state index contributed by atoms with van der Waals surface area (Å²) >= 11 is 13.2. The van der Waals surface area contributed by atoms with Crippen LogP contribution < -0.4 is 14.8 Å². The minimum atomic E-state index is -4.15. The third-order valence-electron chi connectivity index (χ3n) is 7.58. The van der Waals surface area contributed by atoms with Crippen LogP contribution in [0.5, 0.6) is 11.5 Å². The van der Waals surface area contributed by atoms with Gasteiger partial charge in [0.1, 0.15) is 17.0 Å². The van der Waals surface area contributed by atoms with E-state index in [0.717, 1.165) is 25.9 Å². The molecule has 234 valence electrons. The van der Waals surface area contributed by atoms with Gasteiger partial charge >= 0.3 is 0 Å². The summed E-state index contributed by atoms with van der Waals surface area (Å²) in [6.07, 6.45) is 10.7. The number of hydrogen-bond donors (Lipinski definition) is 1. The Labute approximate surface area is 270 Å². The van der Waals surface area contributed by atoms with Gasteiger partial charge in [0.15, 0.2) is 10.7 Å². The van der Waals surface area contributed by atoms with Crippen molar-refractivity contribution in [1.82, 2.24) is 38.6 Å². The summed E-state index contributed by atoms with van der Waals surface area (Å²) in [6, 6.07) is 3.58. The van der Waals surface area contributed by atoms with E-state index in [1.165, 1.54) is 30.7 Å². The summed E-state index contributed by atoms with van der Waals surface area (Å²) in [7, 11) is 0.594. The summed E-state index contributed by atoms with van der Waals surface area (Å²) < 4.78 is 43.6. The summed E-state index contributed by atoms with van der Waals surface area (Å²) in [6.45, 7) is 1.81. The lowest BCUT2D eigenvalue weighted by molar-refractivity contribution is 0.343. The Kier molecular flexibility index (Phi) is 9.42. The molecule has 0 bridgehead atoms. The molecule has 16 heteroatoms. The van der Waals surface area contributed by atoms with Crippen LogP contribution in [0.4, 0.5) is 0 Å². The van der Waals surface area contributed by atoms with Gasteiger partial charge in [-0.1, -0.05) is 23.2 Å². The minimum absolute atomic E-state index is 0. The Bertz CT molecular complexity index is 1890. The monoisotopic (exact) mass is 680 g/mol. The maximum atomic E-state index is 14.1. The smallest absolute Gasteiger partial charge is 0.289 e. The van der Waals surface area contributed by atoms with Gasteiger partial charge in [0.25, 0.3) is 10.0 Å². The number of methoxy groups -OCH3 is 2. The van der Waals surface area contributed by atoms with Gasteiger partial charge in [0.2, 0.25) is 0 Å². The normalized spacial score (nSPS) is 14.1. The zero-order chi connectivity index (χ0) is 30.3. The van der Waals surface area contributed by atoms with E-state index in [1.54, 1.807) is 36.1 Å². The molecular formula is C28H31Cl3N8O4S. The first kappa shape index (κ1) is 32.0. The number of halogens is 3. The highest BCUT2D eigenvalue weighted by atomic mass is 35.5. The fourth-order valence-corrected chi connectivity index (χ4v) is 7.44. The molecule has 1 aliphatic heterocycles. The van der Waals surface area contributed by atoms with E-state index in [0.29, 0.717) is 62.4 Å². The van der Waals surface area contributed by atoms with E-state index in [-0.39, 0.29) is 29.1 Å². The molecule has 0 spiro atoms. The fraction of sp³-hybridized carbons (Fsp3) is 0.357. The number of rotatable bonds is 9. The second-order valence-corrected chi connectivity index (χ2v) is 12.8. The Morgan fingerprint density at radius 2 is 1.70 bits per heavy atom. The van der Waals surface area contributed by atoms with Crippen molar-refractivity contribution >= 4 is 56.8 Å². The lowest BCUT2D eigenvalue weighted by Gasteiger charge is -2.22. The Hall–Kier alpha value is -3.36. The third-order valence-corrected chi connectivity index (χ3v) is 10.00. The van der Waals surface area contributed by atoms with Crippen LogP contribution in [-0.4, -0.2) is 69.0 Å². The molecule has 1 aliphatic rings. The summed E-state index contributed by atoms with van der Waals surface area (Å²) in [5.41, 5.74) is 2.83. The van der Waals surface area contributed by atoms with Gasteiger partial charge in [0.05, 0.1) is 54.2 Å². The van der Waals surface area contributed by atoms with Crippen LogP contribution in [0.3, 0.4) is 0 Å². The first-order valence-corrected chi connectivity index (χ1v) is 15.9. The fourth-order valence-electron chi connectivity index (χ4n) is 5.31. The number of piperidine rings is 1. The van der Waals surface area contributed by atoms with Crippen molar-refractivity contribution in [2.75, 3.05) is 27.3 Å². The number of nitrogens with one attached hydrogen (secondary N) is 1. The summed E-state index contributed by atoms with van der Waals surface area (Å²) in [5, 5.41) is 8.58. The van der Waals surface area contributed by atoms with E-state index in [4.69, 9.17) is 37.7 Å². The number of benzene rings is 1. The molecule has 1 fully saturated rings. The molecule has 0 radical (unpaired) electrons. The lowest BCUT2D eigenvalue weighted by Crippen LogP contribution is -2.29. The number of aryl methyl sites for hydroxylation is 2. The SMILES string of the molecule is COc1cc(OC)c(Cl)c(CCc2cnc3cc(-c4cnn(C5CCNCC5)c4)n(S(=O)(=O)c4cn(C)cn4)c3n2)c1Cl.Cl. The molecule has 0 aliphatic carbocycles. The van der Waals surface area contributed by atoms with Crippen LogP contribution in [0.2, 0.25) is 10.0 Å². The standard InChI is InChI=1S/C28H30Cl2N8O4S.ClH/c1-36-15-25(33-16-36)43(39,40)38-22(17-12-34-37(14-17)19-6-8-31-9-7-19)10-21-28(38)35-18(13-32-21)4-5-20-26(29)23(41-2)11-24(42-3)27(20)30;/h10-16,19,31H,4-9H2,1-3H3;1H. The van der Waals surface area contributed by atoms with Crippen LogP contribution in [0.25, 0.3) is 22.4 Å². The highest BCUT2D eigenvalue weighted by molar-refractivity contribution is 7.90. The number of fused-ring (bicyclic) bond motifs is 1. The first-order valence-electron chi connectivity index (χ1n) is 13.7. The van der Waals surface area contributed by atoms with Gasteiger partial charge in [-0.25, -0.2) is 13.9 Å². The zero-order valence-corrected chi connectivity index (χ0v) is 27.3. The predicted molar refractivity (Wildman–Crippen MR) is 170 cm³/mol. The van der Waals surface area contributed by atoms with Crippen molar-refractivity contribution < 1.29 is 17.9 Å². The highest BCUT2D eigenvalue weighted by Gasteiger charge is 2.29. The van der Waals surface area contributed by atoms with Gasteiger partial charge in [0, 0.05) is 37.3 Å². The molecule has 1 N–H and O–H groups in total. The maximum Gasteiger partial charge on any atom is 0.289 e. The van der Waals surface area contributed by atoms with Crippen molar-refractivity contribution in [2.24, 2.45) is 7.05 Å². The largest absolute Gasteiger partial charge is 0.495 e. The molecule has 4 aromatic heterocycles. The number of hydrogen-bond acceptors (Lipinski definition) is 9. The molecule has 0 atom stereocenters. The van der Waals surface area contributed by atoms with Crippen LogP contribution in [0.1, 0.15) is 30.1 Å². The number of nitrogens with zero attached hydrogens (tertiary/aromatic N) is 7. The molecule has 5 aromatic rings. The topological polar surface area (TPSA) is 131 Å². The van der Waals surface area contributed by atoms with E-state index in [1.807, 2.05) is 10.9 Å². The quantitative estimate of drug-likeness (QED) is 0.235. The molecule has 0 unspecified atom stereocenters. The van der Waals surface area contributed by atoms with Gasteiger partial charge in [-0.15, -0.1) is 12.4 Å². The van der Waals surface area contributed by atoms with E-state index in [2.05, 4.69) is 20.4 Å². The van der Waals surface area contributed by atoms with Crippen LogP contribution in [-0.2, 0) is 29.9 Å². The highest BCUT2D eigenvalue weighted by Crippen LogP contribution is 2.41. The molecular weight excluding hydrogens is 651 g/mol. The lowest BCUT2D eigenvalue weighted by atomic mass is 10.1. The summed E-state index contributed by atoms with van der Waals surface area (Å²) in [5.74, 6) is 0.869. The van der Waals surface area contributed by atoms with Crippen LogP contribution in [0, 0.1) is 0 Å². The van der Waals surface area contributed by atoms with E-state index in [9.17, 15) is 8.42 Å². The van der Waals surface area contributed by atoms with E-state index < -0.39 is 10.0 Å². The third kappa shape index (κ3) is 5.86. The number of imidazole rings is 1. The zero-order valence-electron chi connectivity index (χ0n) is 24.2. The Balaban J connectivity index is 0.00000384. The average Bonchev–Trinajstić information content (AvgIpc) is 3.76. The second-order valence-electron chi connectivity index (χ2n) is 10.3. The van der Waals surface area contributed by atoms with Crippen molar-refractivity contribution in [2.45, 2.75) is 36.8 Å². The van der Waals surface area contributed by atoms with Gasteiger partial charge in [-0.05, 0) is 50.4 Å². The average molecular weight is 682 g/mol. The van der Waals surface area contributed by atoms with Crippen LogP contribution in [0.15, 0.2) is 48.3 Å².